The second-order valence-corrected chi connectivity index (χ2v) is 6.31. The summed E-state index contributed by atoms with van der Waals surface area (Å²) in [6, 6.07) is 6.68. The molecule has 1 atom stereocenters. The van der Waals surface area contributed by atoms with Crippen molar-refractivity contribution >= 4 is 35.2 Å². The van der Waals surface area contributed by atoms with Gasteiger partial charge in [-0.05, 0) is 24.1 Å². The average molecular weight is 336 g/mol. The number of hydrogen-bond donors (Lipinski definition) is 2. The topological polar surface area (TPSA) is 86.7 Å². The van der Waals surface area contributed by atoms with E-state index in [0.29, 0.717) is 30.2 Å². The van der Waals surface area contributed by atoms with Crippen LogP contribution in [0.25, 0.3) is 0 Å². The largest absolute Gasteiger partial charge is 0.481 e. The molecular weight excluding hydrogens is 316 g/mol. The third kappa shape index (κ3) is 4.72. The number of nitrogens with zero attached hydrogens (tertiary/aromatic N) is 1. The molecule has 0 spiro atoms. The van der Waals surface area contributed by atoms with Crippen LogP contribution in [0.1, 0.15) is 25.3 Å². The molecule has 2 N–H and O–H groups in total. The van der Waals surface area contributed by atoms with Crippen LogP contribution in [0.2, 0.25) is 0 Å². The SMILES string of the molecule is CCC(=O)N1CSCC1C(=O)Nc1ccc(CCC(=O)O)cc1. The molecule has 1 fully saturated rings. The highest BCUT2D eigenvalue weighted by molar-refractivity contribution is 7.99. The normalized spacial score (nSPS) is 17.1. The Kier molecular flexibility index (Phi) is 6.04. The van der Waals surface area contributed by atoms with Crippen LogP contribution >= 0.6 is 11.8 Å². The van der Waals surface area contributed by atoms with E-state index in [2.05, 4.69) is 5.32 Å². The Morgan fingerprint density at radius 3 is 2.61 bits per heavy atom. The monoisotopic (exact) mass is 336 g/mol. The highest BCUT2D eigenvalue weighted by Gasteiger charge is 2.33. The van der Waals surface area contributed by atoms with Gasteiger partial charge in [-0.3, -0.25) is 14.4 Å². The number of hydrogen-bond acceptors (Lipinski definition) is 4. The van der Waals surface area contributed by atoms with E-state index in [9.17, 15) is 14.4 Å². The van der Waals surface area contributed by atoms with E-state index in [0.717, 1.165) is 5.56 Å². The molecule has 1 aliphatic heterocycles. The van der Waals surface area contributed by atoms with Gasteiger partial charge >= 0.3 is 5.97 Å². The average Bonchev–Trinajstić information content (AvgIpc) is 3.03. The zero-order valence-corrected chi connectivity index (χ0v) is 13.8. The van der Waals surface area contributed by atoms with E-state index in [1.807, 2.05) is 0 Å². The first kappa shape index (κ1) is 17.3. The van der Waals surface area contributed by atoms with Gasteiger partial charge in [-0.1, -0.05) is 19.1 Å². The number of rotatable bonds is 6. The minimum atomic E-state index is -0.832. The number of carbonyl (C=O) groups excluding carboxylic acids is 2. The fourth-order valence-corrected chi connectivity index (χ4v) is 3.52. The first-order chi connectivity index (χ1) is 11.0. The summed E-state index contributed by atoms with van der Waals surface area (Å²) in [5, 5.41) is 11.5. The highest BCUT2D eigenvalue weighted by atomic mass is 32.2. The summed E-state index contributed by atoms with van der Waals surface area (Å²) in [4.78, 5) is 36.4. The van der Waals surface area contributed by atoms with Crippen molar-refractivity contribution in [2.75, 3.05) is 16.9 Å². The van der Waals surface area contributed by atoms with Gasteiger partial charge < -0.3 is 15.3 Å². The molecule has 1 unspecified atom stereocenters. The summed E-state index contributed by atoms with van der Waals surface area (Å²) in [7, 11) is 0. The Balaban J connectivity index is 1.94. The van der Waals surface area contributed by atoms with Crippen LogP contribution in [0.4, 0.5) is 5.69 Å². The zero-order chi connectivity index (χ0) is 16.8. The number of amides is 2. The number of thioether (sulfide) groups is 1. The molecule has 1 heterocycles. The highest BCUT2D eigenvalue weighted by Crippen LogP contribution is 2.23. The third-order valence-corrected chi connectivity index (χ3v) is 4.67. The summed E-state index contributed by atoms with van der Waals surface area (Å²) in [6.45, 7) is 1.79. The molecule has 2 rings (SSSR count). The molecule has 0 aromatic heterocycles. The third-order valence-electron chi connectivity index (χ3n) is 3.66. The molecule has 23 heavy (non-hydrogen) atoms. The number of anilines is 1. The Morgan fingerprint density at radius 2 is 2.00 bits per heavy atom. The van der Waals surface area contributed by atoms with Gasteiger partial charge in [0.05, 0.1) is 5.88 Å². The Bertz CT molecular complexity index is 588. The van der Waals surface area contributed by atoms with Crippen molar-refractivity contribution in [1.82, 2.24) is 4.90 Å². The quantitative estimate of drug-likeness (QED) is 0.829. The minimum absolute atomic E-state index is 0.0147. The minimum Gasteiger partial charge on any atom is -0.481 e. The lowest BCUT2D eigenvalue weighted by molar-refractivity contribution is -0.137. The first-order valence-electron chi connectivity index (χ1n) is 7.50. The lowest BCUT2D eigenvalue weighted by Gasteiger charge is -2.22. The van der Waals surface area contributed by atoms with Crippen molar-refractivity contribution in [3.63, 3.8) is 0 Å². The van der Waals surface area contributed by atoms with Gasteiger partial charge in [-0.25, -0.2) is 0 Å². The van der Waals surface area contributed by atoms with E-state index >= 15 is 0 Å². The summed E-state index contributed by atoms with van der Waals surface area (Å²) < 4.78 is 0. The number of carbonyl (C=O) groups is 3. The molecule has 0 bridgehead atoms. The van der Waals surface area contributed by atoms with Gasteiger partial charge in [0.15, 0.2) is 0 Å². The van der Waals surface area contributed by atoms with E-state index in [4.69, 9.17) is 5.11 Å². The molecule has 1 aromatic rings. The number of aliphatic carboxylic acids is 1. The predicted octanol–water partition coefficient (Wildman–Crippen LogP) is 1.95. The number of carboxylic acids is 1. The number of aryl methyl sites for hydroxylation is 1. The first-order valence-corrected chi connectivity index (χ1v) is 8.65. The molecule has 1 aliphatic rings. The standard InChI is InChI=1S/C16H20N2O4S/c1-2-14(19)18-10-23-9-13(18)16(22)17-12-6-3-11(4-7-12)5-8-15(20)21/h3-4,6-7,13H,2,5,8-10H2,1H3,(H,17,22)(H,20,21). The number of carboxylic acid groups (broad SMARTS) is 1. The molecule has 7 heteroatoms. The fraction of sp³-hybridized carbons (Fsp3) is 0.438. The maximum absolute atomic E-state index is 12.3. The van der Waals surface area contributed by atoms with Crippen molar-refractivity contribution in [3.8, 4) is 0 Å². The maximum atomic E-state index is 12.3. The second kappa shape index (κ2) is 8.01. The van der Waals surface area contributed by atoms with E-state index in [1.54, 1.807) is 47.9 Å². The van der Waals surface area contributed by atoms with Crippen molar-refractivity contribution in [1.29, 1.82) is 0 Å². The van der Waals surface area contributed by atoms with Crippen LogP contribution in [0.3, 0.4) is 0 Å². The van der Waals surface area contributed by atoms with Gasteiger partial charge in [0.25, 0.3) is 0 Å². The van der Waals surface area contributed by atoms with E-state index in [-0.39, 0.29) is 18.2 Å². The molecular formula is C16H20N2O4S. The van der Waals surface area contributed by atoms with Gasteiger partial charge in [0.1, 0.15) is 6.04 Å². The van der Waals surface area contributed by atoms with Crippen LogP contribution < -0.4 is 5.32 Å². The Morgan fingerprint density at radius 1 is 1.30 bits per heavy atom. The Labute approximate surface area is 139 Å². The zero-order valence-electron chi connectivity index (χ0n) is 12.9. The van der Waals surface area contributed by atoms with Crippen LogP contribution in [0.15, 0.2) is 24.3 Å². The van der Waals surface area contributed by atoms with Crippen molar-refractivity contribution in [3.05, 3.63) is 29.8 Å². The molecule has 0 saturated carbocycles. The van der Waals surface area contributed by atoms with Crippen LogP contribution in [0.5, 0.6) is 0 Å². The molecule has 1 aromatic carbocycles. The van der Waals surface area contributed by atoms with Crippen molar-refractivity contribution in [2.45, 2.75) is 32.2 Å². The molecule has 2 amide bonds. The van der Waals surface area contributed by atoms with Gasteiger partial charge in [-0.15, -0.1) is 11.8 Å². The molecule has 1 saturated heterocycles. The lowest BCUT2D eigenvalue weighted by Crippen LogP contribution is -2.44. The van der Waals surface area contributed by atoms with Crippen molar-refractivity contribution in [2.24, 2.45) is 0 Å². The van der Waals surface area contributed by atoms with Gasteiger partial charge in [-0.2, -0.15) is 0 Å². The van der Waals surface area contributed by atoms with Crippen LogP contribution in [-0.4, -0.2) is 45.5 Å². The fourth-order valence-electron chi connectivity index (χ4n) is 2.34. The van der Waals surface area contributed by atoms with E-state index < -0.39 is 12.0 Å². The maximum Gasteiger partial charge on any atom is 0.303 e. The van der Waals surface area contributed by atoms with Crippen LogP contribution in [-0.2, 0) is 20.8 Å². The second-order valence-electron chi connectivity index (χ2n) is 5.31. The summed E-state index contributed by atoms with van der Waals surface area (Å²) in [5.41, 5.74) is 1.56. The molecule has 0 aliphatic carbocycles. The lowest BCUT2D eigenvalue weighted by atomic mass is 10.1. The summed E-state index contributed by atoms with van der Waals surface area (Å²) in [5.74, 6) is 0.128. The summed E-state index contributed by atoms with van der Waals surface area (Å²) >= 11 is 1.57. The van der Waals surface area contributed by atoms with Gasteiger partial charge in [0.2, 0.25) is 11.8 Å². The smallest absolute Gasteiger partial charge is 0.303 e. The number of nitrogens with one attached hydrogen (secondary N) is 1. The Hall–Kier alpha value is -2.02. The van der Waals surface area contributed by atoms with Crippen molar-refractivity contribution < 1.29 is 19.5 Å². The van der Waals surface area contributed by atoms with E-state index in [1.165, 1.54) is 0 Å². The summed E-state index contributed by atoms with van der Waals surface area (Å²) in [6.07, 6.45) is 0.934. The predicted molar refractivity (Wildman–Crippen MR) is 89.3 cm³/mol. The van der Waals surface area contributed by atoms with Gasteiger partial charge in [0, 0.05) is 24.3 Å². The molecule has 6 nitrogen and oxygen atoms in total. The molecule has 124 valence electrons. The molecule has 0 radical (unpaired) electrons. The van der Waals surface area contributed by atoms with Crippen LogP contribution in [0, 0.1) is 0 Å². The number of benzene rings is 1.